The predicted octanol–water partition coefficient (Wildman–Crippen LogP) is 1.86. The molecule has 0 bridgehead atoms. The van der Waals surface area contributed by atoms with Crippen LogP contribution in [0.25, 0.3) is 0 Å². The van der Waals surface area contributed by atoms with Crippen LogP contribution in [-0.4, -0.2) is 50.7 Å². The van der Waals surface area contributed by atoms with Gasteiger partial charge in [-0.25, -0.2) is 8.42 Å². The van der Waals surface area contributed by atoms with Gasteiger partial charge in [0.25, 0.3) is 5.91 Å². The molecule has 0 spiro atoms. The van der Waals surface area contributed by atoms with Gasteiger partial charge in [-0.3, -0.25) is 9.10 Å². The maximum Gasteiger partial charge on any atom is 0.265 e. The normalized spacial score (nSPS) is 22.0. The van der Waals surface area contributed by atoms with Crippen molar-refractivity contribution in [1.29, 1.82) is 0 Å². The van der Waals surface area contributed by atoms with Gasteiger partial charge in [0.15, 0.2) is 6.10 Å². The van der Waals surface area contributed by atoms with Crippen LogP contribution >= 0.6 is 0 Å². The molecule has 24 heavy (non-hydrogen) atoms. The standard InChI is InChI=1S/C17H24N2O4S/c1-3-24(21,22)19-12-16(23-15-7-5-4-6-14(15)19)17(20)18-10-8-13(2)9-11-18/h4-7,13,16H,3,8-12H2,1-2H3. The van der Waals surface area contributed by atoms with Gasteiger partial charge in [0.2, 0.25) is 10.0 Å². The van der Waals surface area contributed by atoms with Crippen molar-refractivity contribution >= 4 is 21.6 Å². The van der Waals surface area contributed by atoms with Crippen LogP contribution in [0.4, 0.5) is 5.69 Å². The summed E-state index contributed by atoms with van der Waals surface area (Å²) in [6, 6.07) is 6.98. The first-order chi connectivity index (χ1) is 11.4. The van der Waals surface area contributed by atoms with Crippen LogP contribution in [0.1, 0.15) is 26.7 Å². The molecule has 0 saturated carbocycles. The van der Waals surface area contributed by atoms with E-state index in [4.69, 9.17) is 4.74 Å². The Morgan fingerprint density at radius 2 is 1.92 bits per heavy atom. The molecule has 0 aliphatic carbocycles. The molecule has 6 nitrogen and oxygen atoms in total. The van der Waals surface area contributed by atoms with Crippen molar-refractivity contribution in [3.8, 4) is 5.75 Å². The minimum atomic E-state index is -3.46. The van der Waals surface area contributed by atoms with Gasteiger partial charge in [-0.2, -0.15) is 0 Å². The number of carbonyl (C=O) groups is 1. The van der Waals surface area contributed by atoms with E-state index in [9.17, 15) is 13.2 Å². The largest absolute Gasteiger partial charge is 0.476 e. The molecular weight excluding hydrogens is 328 g/mol. The fourth-order valence-corrected chi connectivity index (χ4v) is 4.31. The van der Waals surface area contributed by atoms with Gasteiger partial charge in [0, 0.05) is 13.1 Å². The van der Waals surface area contributed by atoms with E-state index in [-0.39, 0.29) is 18.2 Å². The number of sulfonamides is 1. The van der Waals surface area contributed by atoms with Crippen LogP contribution in [0.3, 0.4) is 0 Å². The van der Waals surface area contributed by atoms with Gasteiger partial charge < -0.3 is 9.64 Å². The predicted molar refractivity (Wildman–Crippen MR) is 92.6 cm³/mol. The number of hydrogen-bond acceptors (Lipinski definition) is 4. The zero-order valence-corrected chi connectivity index (χ0v) is 15.0. The fourth-order valence-electron chi connectivity index (χ4n) is 3.18. The van der Waals surface area contributed by atoms with Crippen LogP contribution < -0.4 is 9.04 Å². The van der Waals surface area contributed by atoms with E-state index in [1.165, 1.54) is 4.31 Å². The number of carbonyl (C=O) groups excluding carboxylic acids is 1. The quantitative estimate of drug-likeness (QED) is 0.833. The lowest BCUT2D eigenvalue weighted by Gasteiger charge is -2.38. The van der Waals surface area contributed by atoms with Gasteiger partial charge in [0.05, 0.1) is 18.0 Å². The third kappa shape index (κ3) is 3.22. The third-order valence-corrected chi connectivity index (χ3v) is 6.55. The summed E-state index contributed by atoms with van der Waals surface area (Å²) in [5, 5.41) is 0. The van der Waals surface area contributed by atoms with Crippen LogP contribution in [-0.2, 0) is 14.8 Å². The third-order valence-electron chi connectivity index (χ3n) is 4.81. The number of nitrogens with zero attached hydrogens (tertiary/aromatic N) is 2. The molecule has 0 aromatic heterocycles. The first kappa shape index (κ1) is 17.1. The van der Waals surface area contributed by atoms with Gasteiger partial charge >= 0.3 is 0 Å². The molecule has 1 saturated heterocycles. The number of likely N-dealkylation sites (tertiary alicyclic amines) is 1. The molecule has 3 rings (SSSR count). The van der Waals surface area contributed by atoms with E-state index in [2.05, 4.69) is 6.92 Å². The number of ether oxygens (including phenoxy) is 1. The van der Waals surface area contributed by atoms with Crippen LogP contribution in [0.5, 0.6) is 5.75 Å². The van der Waals surface area contributed by atoms with Crippen molar-refractivity contribution in [1.82, 2.24) is 4.90 Å². The van der Waals surface area contributed by atoms with Crippen molar-refractivity contribution in [2.75, 3.05) is 29.7 Å². The molecule has 2 heterocycles. The lowest BCUT2D eigenvalue weighted by molar-refractivity contribution is -0.139. The Kier molecular flexibility index (Phi) is 4.71. The summed E-state index contributed by atoms with van der Waals surface area (Å²) in [5.74, 6) is 0.944. The molecule has 1 atom stereocenters. The molecule has 1 unspecified atom stereocenters. The summed E-state index contributed by atoms with van der Waals surface area (Å²) in [7, 11) is -3.46. The Morgan fingerprint density at radius 3 is 2.58 bits per heavy atom. The summed E-state index contributed by atoms with van der Waals surface area (Å²) in [5.41, 5.74) is 0.510. The van der Waals surface area contributed by atoms with E-state index in [0.717, 1.165) is 12.8 Å². The maximum absolute atomic E-state index is 12.8. The summed E-state index contributed by atoms with van der Waals surface area (Å²) < 4.78 is 32.1. The van der Waals surface area contributed by atoms with E-state index in [0.29, 0.717) is 30.4 Å². The van der Waals surface area contributed by atoms with Crippen molar-refractivity contribution in [2.24, 2.45) is 5.92 Å². The van der Waals surface area contributed by atoms with E-state index in [1.54, 1.807) is 36.1 Å². The van der Waals surface area contributed by atoms with Crippen molar-refractivity contribution in [3.63, 3.8) is 0 Å². The lowest BCUT2D eigenvalue weighted by atomic mass is 9.99. The minimum Gasteiger partial charge on any atom is -0.476 e. The molecule has 1 fully saturated rings. The number of para-hydroxylation sites is 2. The highest BCUT2D eigenvalue weighted by Gasteiger charge is 2.38. The van der Waals surface area contributed by atoms with Crippen molar-refractivity contribution in [3.05, 3.63) is 24.3 Å². The van der Waals surface area contributed by atoms with E-state index < -0.39 is 16.1 Å². The average Bonchev–Trinajstić information content (AvgIpc) is 2.60. The van der Waals surface area contributed by atoms with E-state index in [1.807, 2.05) is 0 Å². The molecule has 0 radical (unpaired) electrons. The first-order valence-electron chi connectivity index (χ1n) is 8.47. The van der Waals surface area contributed by atoms with E-state index >= 15 is 0 Å². The molecular formula is C17H24N2O4S. The lowest BCUT2D eigenvalue weighted by Crippen LogP contribution is -2.53. The number of fused-ring (bicyclic) bond motifs is 1. The summed E-state index contributed by atoms with van der Waals surface area (Å²) >= 11 is 0. The van der Waals surface area contributed by atoms with Gasteiger partial charge in [-0.05, 0) is 37.8 Å². The number of rotatable bonds is 3. The second-order valence-corrected chi connectivity index (χ2v) is 8.70. The summed E-state index contributed by atoms with van der Waals surface area (Å²) in [6.07, 6.45) is 1.17. The van der Waals surface area contributed by atoms with Gasteiger partial charge in [-0.1, -0.05) is 19.1 Å². The molecule has 2 aliphatic rings. The Morgan fingerprint density at radius 1 is 1.25 bits per heavy atom. The second kappa shape index (κ2) is 6.63. The topological polar surface area (TPSA) is 66.9 Å². The van der Waals surface area contributed by atoms with Gasteiger partial charge in [-0.15, -0.1) is 0 Å². The number of piperidine rings is 1. The highest BCUT2D eigenvalue weighted by Crippen LogP contribution is 2.35. The van der Waals surface area contributed by atoms with Crippen LogP contribution in [0.15, 0.2) is 24.3 Å². The van der Waals surface area contributed by atoms with Crippen molar-refractivity contribution in [2.45, 2.75) is 32.8 Å². The number of benzene rings is 1. The SMILES string of the molecule is CCS(=O)(=O)N1CC(C(=O)N2CCC(C)CC2)Oc2ccccc21. The Hall–Kier alpha value is -1.76. The highest BCUT2D eigenvalue weighted by atomic mass is 32.2. The van der Waals surface area contributed by atoms with Crippen LogP contribution in [0.2, 0.25) is 0 Å². The van der Waals surface area contributed by atoms with Gasteiger partial charge in [0.1, 0.15) is 5.75 Å². The zero-order chi connectivity index (χ0) is 17.3. The minimum absolute atomic E-state index is 0.0104. The molecule has 1 aromatic rings. The summed E-state index contributed by atoms with van der Waals surface area (Å²) in [6.45, 7) is 5.25. The molecule has 132 valence electrons. The number of amides is 1. The Bertz CT molecular complexity index is 711. The second-order valence-electron chi connectivity index (χ2n) is 6.51. The smallest absolute Gasteiger partial charge is 0.265 e. The average molecular weight is 352 g/mol. The molecule has 2 aliphatic heterocycles. The molecule has 7 heteroatoms. The Labute approximate surface area is 143 Å². The monoisotopic (exact) mass is 352 g/mol. The maximum atomic E-state index is 12.8. The zero-order valence-electron chi connectivity index (χ0n) is 14.1. The fraction of sp³-hybridized carbons (Fsp3) is 0.588. The first-order valence-corrected chi connectivity index (χ1v) is 10.1. The summed E-state index contributed by atoms with van der Waals surface area (Å²) in [4.78, 5) is 14.6. The molecule has 1 amide bonds. The van der Waals surface area contributed by atoms with Crippen LogP contribution in [0, 0.1) is 5.92 Å². The number of hydrogen-bond donors (Lipinski definition) is 0. The number of anilines is 1. The molecule has 1 aromatic carbocycles. The Balaban J connectivity index is 1.85. The molecule has 0 N–H and O–H groups in total. The highest BCUT2D eigenvalue weighted by molar-refractivity contribution is 7.92. The van der Waals surface area contributed by atoms with Crippen molar-refractivity contribution < 1.29 is 17.9 Å².